The van der Waals surface area contributed by atoms with Gasteiger partial charge in [0.25, 0.3) is 17.7 Å². The Balaban J connectivity index is 1.18. The Morgan fingerprint density at radius 1 is 0.909 bits per heavy atom. The van der Waals surface area contributed by atoms with E-state index in [4.69, 9.17) is 14.2 Å². The van der Waals surface area contributed by atoms with Gasteiger partial charge >= 0.3 is 0 Å². The number of thiophene rings is 1. The van der Waals surface area contributed by atoms with Gasteiger partial charge in [-0.2, -0.15) is 0 Å². The van der Waals surface area contributed by atoms with Crippen molar-refractivity contribution in [3.05, 3.63) is 70.4 Å². The zero-order chi connectivity index (χ0) is 23.0. The summed E-state index contributed by atoms with van der Waals surface area (Å²) in [6, 6.07) is 15.1. The van der Waals surface area contributed by atoms with E-state index in [0.29, 0.717) is 46.5 Å². The van der Waals surface area contributed by atoms with Crippen LogP contribution >= 0.6 is 11.3 Å². The lowest BCUT2D eigenvalue weighted by Crippen LogP contribution is -2.34. The number of anilines is 1. The molecule has 1 aromatic heterocycles. The minimum absolute atomic E-state index is 0.165. The first-order valence-electron chi connectivity index (χ1n) is 10.1. The van der Waals surface area contributed by atoms with Crippen molar-refractivity contribution in [3.8, 4) is 17.2 Å². The number of nitrogens with one attached hydrogen (secondary N) is 3. The average Bonchev–Trinajstić information content (AvgIpc) is 3.52. The first kappa shape index (κ1) is 22.2. The molecule has 0 aliphatic carbocycles. The van der Waals surface area contributed by atoms with Gasteiger partial charge in [-0.3, -0.25) is 14.4 Å². The number of hydrogen-bond acceptors (Lipinski definition) is 7. The van der Waals surface area contributed by atoms with E-state index < -0.39 is 0 Å². The summed E-state index contributed by atoms with van der Waals surface area (Å²) in [6.45, 7) is 0.601. The lowest BCUT2D eigenvalue weighted by atomic mass is 10.2. The Labute approximate surface area is 193 Å². The van der Waals surface area contributed by atoms with Gasteiger partial charge in [0.2, 0.25) is 6.79 Å². The first-order valence-corrected chi connectivity index (χ1v) is 11.0. The minimum Gasteiger partial charge on any atom is -0.484 e. The fourth-order valence-electron chi connectivity index (χ4n) is 2.97. The van der Waals surface area contributed by atoms with Crippen molar-refractivity contribution in [2.75, 3.05) is 31.8 Å². The molecule has 1 aliphatic rings. The third-order valence-electron chi connectivity index (χ3n) is 4.59. The van der Waals surface area contributed by atoms with Crippen molar-refractivity contribution < 1.29 is 28.6 Å². The Morgan fingerprint density at radius 2 is 1.67 bits per heavy atom. The van der Waals surface area contributed by atoms with E-state index in [1.54, 1.807) is 54.6 Å². The van der Waals surface area contributed by atoms with Crippen LogP contribution in [0.2, 0.25) is 0 Å². The second kappa shape index (κ2) is 10.5. The molecule has 0 fully saturated rings. The number of benzene rings is 2. The van der Waals surface area contributed by atoms with E-state index in [1.165, 1.54) is 11.3 Å². The van der Waals surface area contributed by atoms with Crippen molar-refractivity contribution in [2.45, 2.75) is 0 Å². The van der Waals surface area contributed by atoms with Gasteiger partial charge in [0.1, 0.15) is 5.75 Å². The SMILES string of the molecule is O=C(COc1ccc2c(c1)OCO2)Nc1ccc(C(=O)NCCNC(=O)c2cccs2)cc1. The lowest BCUT2D eigenvalue weighted by molar-refractivity contribution is -0.118. The van der Waals surface area contributed by atoms with Crippen molar-refractivity contribution in [1.82, 2.24) is 10.6 Å². The molecule has 9 nitrogen and oxygen atoms in total. The zero-order valence-electron chi connectivity index (χ0n) is 17.5. The number of rotatable bonds is 9. The fourth-order valence-corrected chi connectivity index (χ4v) is 3.61. The van der Waals surface area contributed by atoms with E-state index in [1.807, 2.05) is 5.38 Å². The number of fused-ring (bicyclic) bond motifs is 1. The molecule has 3 N–H and O–H groups in total. The van der Waals surface area contributed by atoms with Crippen LogP contribution in [0.3, 0.4) is 0 Å². The molecule has 0 bridgehead atoms. The molecule has 4 rings (SSSR count). The summed E-state index contributed by atoms with van der Waals surface area (Å²) in [5.41, 5.74) is 0.975. The molecule has 3 amide bonds. The van der Waals surface area contributed by atoms with E-state index in [2.05, 4.69) is 16.0 Å². The maximum Gasteiger partial charge on any atom is 0.262 e. The number of carbonyl (C=O) groups excluding carboxylic acids is 3. The van der Waals surface area contributed by atoms with Crippen LogP contribution in [-0.4, -0.2) is 44.2 Å². The quantitative estimate of drug-likeness (QED) is 0.417. The normalized spacial score (nSPS) is 11.5. The van der Waals surface area contributed by atoms with Crippen LogP contribution in [0, 0.1) is 0 Å². The van der Waals surface area contributed by atoms with Crippen LogP contribution in [-0.2, 0) is 4.79 Å². The summed E-state index contributed by atoms with van der Waals surface area (Å²) in [7, 11) is 0. The van der Waals surface area contributed by atoms with Crippen LogP contribution in [0.1, 0.15) is 20.0 Å². The summed E-state index contributed by atoms with van der Waals surface area (Å²) in [5.74, 6) is 0.927. The molecule has 10 heteroatoms. The zero-order valence-corrected chi connectivity index (χ0v) is 18.3. The van der Waals surface area contributed by atoms with Crippen molar-refractivity contribution in [1.29, 1.82) is 0 Å². The predicted molar refractivity (Wildman–Crippen MR) is 122 cm³/mol. The Morgan fingerprint density at radius 3 is 2.42 bits per heavy atom. The van der Waals surface area contributed by atoms with Gasteiger partial charge < -0.3 is 30.2 Å². The van der Waals surface area contributed by atoms with Crippen molar-refractivity contribution in [2.24, 2.45) is 0 Å². The molecule has 0 atom stereocenters. The molecule has 33 heavy (non-hydrogen) atoms. The van der Waals surface area contributed by atoms with Crippen LogP contribution in [0.25, 0.3) is 0 Å². The summed E-state index contributed by atoms with van der Waals surface area (Å²) >= 11 is 1.36. The van der Waals surface area contributed by atoms with E-state index in [9.17, 15) is 14.4 Å². The molecule has 0 unspecified atom stereocenters. The molecule has 0 radical (unpaired) electrons. The Bertz CT molecular complexity index is 1130. The summed E-state index contributed by atoms with van der Waals surface area (Å²) in [5, 5.41) is 10.0. The third-order valence-corrected chi connectivity index (χ3v) is 5.45. The molecule has 2 aromatic carbocycles. The highest BCUT2D eigenvalue weighted by Crippen LogP contribution is 2.35. The van der Waals surface area contributed by atoms with Crippen LogP contribution in [0.5, 0.6) is 17.2 Å². The highest BCUT2D eigenvalue weighted by molar-refractivity contribution is 7.12. The molecule has 3 aromatic rings. The van der Waals surface area contributed by atoms with E-state index >= 15 is 0 Å². The molecule has 170 valence electrons. The average molecular weight is 468 g/mol. The standard InChI is InChI=1S/C23H21N3O6S/c27-21(13-30-17-7-8-18-19(12-17)32-14-31-18)26-16-5-3-15(4-6-16)22(28)24-9-10-25-23(29)20-2-1-11-33-20/h1-8,11-12H,9-10,13-14H2,(H,24,28)(H,25,29)(H,26,27). The first-order chi connectivity index (χ1) is 16.1. The van der Waals surface area contributed by atoms with Gasteiger partial charge in [0.05, 0.1) is 4.88 Å². The molecule has 0 spiro atoms. The van der Waals surface area contributed by atoms with Gasteiger partial charge in [-0.25, -0.2) is 0 Å². The molecule has 0 saturated carbocycles. The van der Waals surface area contributed by atoms with Crippen LogP contribution < -0.4 is 30.2 Å². The maximum absolute atomic E-state index is 12.2. The van der Waals surface area contributed by atoms with E-state index in [-0.39, 0.29) is 31.1 Å². The monoisotopic (exact) mass is 467 g/mol. The van der Waals surface area contributed by atoms with Crippen LogP contribution in [0.15, 0.2) is 60.0 Å². The minimum atomic E-state index is -0.341. The maximum atomic E-state index is 12.2. The van der Waals surface area contributed by atoms with E-state index in [0.717, 1.165) is 0 Å². The molecule has 2 heterocycles. The number of ether oxygens (including phenoxy) is 3. The summed E-state index contributed by atoms with van der Waals surface area (Å²) < 4.78 is 16.0. The molecule has 0 saturated heterocycles. The lowest BCUT2D eigenvalue weighted by Gasteiger charge is -2.09. The molecular formula is C23H21N3O6S. The predicted octanol–water partition coefficient (Wildman–Crippen LogP) is 2.65. The second-order valence-electron chi connectivity index (χ2n) is 6.92. The van der Waals surface area contributed by atoms with Gasteiger partial charge in [0.15, 0.2) is 18.1 Å². The Hall–Kier alpha value is -4.05. The topological polar surface area (TPSA) is 115 Å². The van der Waals surface area contributed by atoms with Gasteiger partial charge in [0, 0.05) is 30.4 Å². The Kier molecular flexibility index (Phi) is 7.06. The highest BCUT2D eigenvalue weighted by Gasteiger charge is 2.14. The second-order valence-corrected chi connectivity index (χ2v) is 7.87. The number of hydrogen-bond donors (Lipinski definition) is 3. The van der Waals surface area contributed by atoms with Gasteiger partial charge in [-0.1, -0.05) is 6.07 Å². The number of carbonyl (C=O) groups is 3. The van der Waals surface area contributed by atoms with Crippen molar-refractivity contribution in [3.63, 3.8) is 0 Å². The molecular weight excluding hydrogens is 446 g/mol. The third kappa shape index (κ3) is 6.01. The smallest absolute Gasteiger partial charge is 0.262 e. The largest absolute Gasteiger partial charge is 0.484 e. The van der Waals surface area contributed by atoms with Crippen molar-refractivity contribution >= 4 is 34.7 Å². The number of amides is 3. The summed E-state index contributed by atoms with van der Waals surface area (Å²) in [4.78, 5) is 36.9. The fraction of sp³-hybridized carbons (Fsp3) is 0.174. The van der Waals surface area contributed by atoms with Gasteiger partial charge in [-0.15, -0.1) is 11.3 Å². The molecule has 1 aliphatic heterocycles. The van der Waals surface area contributed by atoms with Crippen LogP contribution in [0.4, 0.5) is 5.69 Å². The highest BCUT2D eigenvalue weighted by atomic mass is 32.1. The van der Waals surface area contributed by atoms with Gasteiger partial charge in [-0.05, 0) is 47.8 Å². The summed E-state index contributed by atoms with van der Waals surface area (Å²) in [6.07, 6.45) is 0.